The van der Waals surface area contributed by atoms with Crippen molar-refractivity contribution in [3.8, 4) is 0 Å². The highest BCUT2D eigenvalue weighted by atomic mass is 19.4. The van der Waals surface area contributed by atoms with E-state index < -0.39 is 24.7 Å². The normalized spacial score (nSPS) is 14.3. The van der Waals surface area contributed by atoms with Crippen LogP contribution in [0.2, 0.25) is 0 Å². The third-order valence-corrected chi connectivity index (χ3v) is 2.31. The summed E-state index contributed by atoms with van der Waals surface area (Å²) < 4.78 is 35.7. The van der Waals surface area contributed by atoms with Gasteiger partial charge in [-0.3, -0.25) is 10.1 Å². The minimum Gasteiger partial charge on any atom is -0.480 e. The molecule has 0 heterocycles. The number of hydrogen-bond acceptors (Lipinski definition) is 2. The average Bonchev–Trinajstić information content (AvgIpc) is 2.09. The van der Waals surface area contributed by atoms with Gasteiger partial charge in [-0.05, 0) is 5.92 Å². The van der Waals surface area contributed by atoms with Gasteiger partial charge in [0.25, 0.3) is 0 Å². The quantitative estimate of drug-likeness (QED) is 0.730. The second-order valence-electron chi connectivity index (χ2n) is 3.39. The summed E-state index contributed by atoms with van der Waals surface area (Å²) >= 11 is 0. The molecule has 0 aromatic carbocycles. The second-order valence-corrected chi connectivity index (χ2v) is 3.39. The predicted molar refractivity (Wildman–Crippen MR) is 49.6 cm³/mol. The van der Waals surface area contributed by atoms with Crippen LogP contribution in [0.15, 0.2) is 0 Å². The van der Waals surface area contributed by atoms with Crippen LogP contribution in [0.3, 0.4) is 0 Å². The largest absolute Gasteiger partial charge is 0.480 e. The van der Waals surface area contributed by atoms with Gasteiger partial charge in [0, 0.05) is 0 Å². The molecule has 0 fully saturated rings. The zero-order valence-electron chi connectivity index (χ0n) is 8.77. The first kappa shape index (κ1) is 14.2. The van der Waals surface area contributed by atoms with Crippen molar-refractivity contribution < 1.29 is 23.1 Å². The van der Waals surface area contributed by atoms with Gasteiger partial charge >= 0.3 is 12.1 Å². The number of rotatable bonds is 6. The molecule has 1 atom stereocenters. The topological polar surface area (TPSA) is 49.3 Å². The SMILES string of the molecule is CCC(CC)C(NCC(F)(F)F)C(=O)O. The van der Waals surface area contributed by atoms with Gasteiger partial charge in [0.1, 0.15) is 6.04 Å². The average molecular weight is 227 g/mol. The lowest BCUT2D eigenvalue weighted by molar-refractivity contribution is -0.145. The van der Waals surface area contributed by atoms with Crippen LogP contribution in [-0.4, -0.2) is 29.8 Å². The van der Waals surface area contributed by atoms with Crippen LogP contribution < -0.4 is 5.32 Å². The fourth-order valence-corrected chi connectivity index (χ4v) is 1.44. The standard InChI is InChI=1S/C9H16F3NO2/c1-3-6(4-2)7(8(14)15)13-5-9(10,11)12/h6-7,13H,3-5H2,1-2H3,(H,14,15). The first-order valence-corrected chi connectivity index (χ1v) is 4.84. The summed E-state index contributed by atoms with van der Waals surface area (Å²) in [5, 5.41) is 10.8. The zero-order valence-corrected chi connectivity index (χ0v) is 8.77. The Morgan fingerprint density at radius 2 is 1.80 bits per heavy atom. The van der Waals surface area contributed by atoms with Crippen molar-refractivity contribution in [2.75, 3.05) is 6.54 Å². The number of carboxylic acids is 1. The first-order chi connectivity index (χ1) is 6.81. The van der Waals surface area contributed by atoms with Gasteiger partial charge in [0.15, 0.2) is 0 Å². The number of hydrogen-bond donors (Lipinski definition) is 2. The van der Waals surface area contributed by atoms with Crippen LogP contribution in [0, 0.1) is 5.92 Å². The molecule has 0 radical (unpaired) electrons. The zero-order chi connectivity index (χ0) is 12.1. The molecule has 0 amide bonds. The van der Waals surface area contributed by atoms with E-state index in [0.29, 0.717) is 12.8 Å². The van der Waals surface area contributed by atoms with E-state index in [2.05, 4.69) is 0 Å². The Bertz CT molecular complexity index is 202. The maximum Gasteiger partial charge on any atom is 0.401 e. The molecule has 0 aromatic rings. The third kappa shape index (κ3) is 5.61. The lowest BCUT2D eigenvalue weighted by Crippen LogP contribution is -2.46. The monoisotopic (exact) mass is 227 g/mol. The second kappa shape index (κ2) is 5.95. The van der Waals surface area contributed by atoms with Crippen LogP contribution in [0.5, 0.6) is 0 Å². The third-order valence-electron chi connectivity index (χ3n) is 2.31. The van der Waals surface area contributed by atoms with E-state index >= 15 is 0 Å². The van der Waals surface area contributed by atoms with Gasteiger partial charge in [0.2, 0.25) is 0 Å². The Labute approximate surface area is 86.7 Å². The molecule has 90 valence electrons. The van der Waals surface area contributed by atoms with E-state index in [1.54, 1.807) is 13.8 Å². The Kier molecular flexibility index (Phi) is 5.64. The van der Waals surface area contributed by atoms with Gasteiger partial charge < -0.3 is 5.11 Å². The van der Waals surface area contributed by atoms with Gasteiger partial charge in [-0.25, -0.2) is 0 Å². The number of aliphatic carboxylic acids is 1. The lowest BCUT2D eigenvalue weighted by Gasteiger charge is -2.23. The molecule has 0 aromatic heterocycles. The van der Waals surface area contributed by atoms with Crippen molar-refractivity contribution in [2.45, 2.75) is 38.9 Å². The molecule has 0 bridgehead atoms. The molecular weight excluding hydrogens is 211 g/mol. The summed E-state index contributed by atoms with van der Waals surface area (Å²) in [5.41, 5.74) is 0. The molecule has 0 aliphatic carbocycles. The van der Waals surface area contributed by atoms with Crippen LogP contribution in [0.25, 0.3) is 0 Å². The Morgan fingerprint density at radius 3 is 2.07 bits per heavy atom. The molecule has 0 aliphatic heterocycles. The van der Waals surface area contributed by atoms with Gasteiger partial charge in [0.05, 0.1) is 6.54 Å². The molecule has 6 heteroatoms. The summed E-state index contributed by atoms with van der Waals surface area (Å²) in [6.45, 7) is 2.26. The fraction of sp³-hybridized carbons (Fsp3) is 0.889. The van der Waals surface area contributed by atoms with Crippen LogP contribution in [0.1, 0.15) is 26.7 Å². The maximum absolute atomic E-state index is 11.9. The summed E-state index contributed by atoms with van der Waals surface area (Å²) in [7, 11) is 0. The summed E-state index contributed by atoms with van der Waals surface area (Å²) in [6.07, 6.45) is -3.30. The molecule has 3 nitrogen and oxygen atoms in total. The smallest absolute Gasteiger partial charge is 0.401 e. The van der Waals surface area contributed by atoms with E-state index in [0.717, 1.165) is 0 Å². The minimum absolute atomic E-state index is 0.273. The van der Waals surface area contributed by atoms with Crippen molar-refractivity contribution in [1.82, 2.24) is 5.32 Å². The highest BCUT2D eigenvalue weighted by Gasteiger charge is 2.32. The van der Waals surface area contributed by atoms with E-state index in [1.807, 2.05) is 5.32 Å². The lowest BCUT2D eigenvalue weighted by atomic mass is 9.94. The van der Waals surface area contributed by atoms with E-state index in [4.69, 9.17) is 5.11 Å². The Hall–Kier alpha value is -0.780. The fourth-order valence-electron chi connectivity index (χ4n) is 1.44. The molecule has 0 aliphatic rings. The molecule has 0 spiro atoms. The van der Waals surface area contributed by atoms with Gasteiger partial charge in [-0.2, -0.15) is 13.2 Å². The molecule has 1 unspecified atom stereocenters. The molecule has 0 saturated heterocycles. The van der Waals surface area contributed by atoms with Crippen molar-refractivity contribution in [1.29, 1.82) is 0 Å². The van der Waals surface area contributed by atoms with E-state index in [-0.39, 0.29) is 5.92 Å². The van der Waals surface area contributed by atoms with Crippen molar-refractivity contribution in [3.05, 3.63) is 0 Å². The Morgan fingerprint density at radius 1 is 1.33 bits per heavy atom. The van der Waals surface area contributed by atoms with Crippen molar-refractivity contribution in [2.24, 2.45) is 5.92 Å². The van der Waals surface area contributed by atoms with Crippen LogP contribution >= 0.6 is 0 Å². The molecule has 0 saturated carbocycles. The van der Waals surface area contributed by atoms with Crippen LogP contribution in [0.4, 0.5) is 13.2 Å². The molecule has 0 rings (SSSR count). The summed E-state index contributed by atoms with van der Waals surface area (Å²) in [5.74, 6) is -1.50. The maximum atomic E-state index is 11.9. The number of carbonyl (C=O) groups is 1. The molecular formula is C9H16F3NO2. The van der Waals surface area contributed by atoms with Crippen molar-refractivity contribution in [3.63, 3.8) is 0 Å². The Balaban J connectivity index is 4.34. The van der Waals surface area contributed by atoms with Gasteiger partial charge in [-0.15, -0.1) is 0 Å². The number of nitrogens with one attached hydrogen (secondary N) is 1. The highest BCUT2D eigenvalue weighted by molar-refractivity contribution is 5.73. The van der Waals surface area contributed by atoms with Gasteiger partial charge in [-0.1, -0.05) is 26.7 Å². The minimum atomic E-state index is -4.38. The van der Waals surface area contributed by atoms with E-state index in [1.165, 1.54) is 0 Å². The number of carboxylic acid groups (broad SMARTS) is 1. The van der Waals surface area contributed by atoms with Crippen molar-refractivity contribution >= 4 is 5.97 Å². The van der Waals surface area contributed by atoms with E-state index in [9.17, 15) is 18.0 Å². The van der Waals surface area contributed by atoms with Crippen LogP contribution in [-0.2, 0) is 4.79 Å². The molecule has 15 heavy (non-hydrogen) atoms. The summed E-state index contributed by atoms with van der Waals surface area (Å²) in [4.78, 5) is 10.7. The highest BCUT2D eigenvalue weighted by Crippen LogP contribution is 2.17. The number of alkyl halides is 3. The summed E-state index contributed by atoms with van der Waals surface area (Å²) in [6, 6.07) is -1.12. The number of halogens is 3. The molecule has 2 N–H and O–H groups in total. The first-order valence-electron chi connectivity index (χ1n) is 4.84. The predicted octanol–water partition coefficient (Wildman–Crippen LogP) is 2.03.